The van der Waals surface area contributed by atoms with Gasteiger partial charge in [0.2, 0.25) is 0 Å². The molecule has 1 heteroatoms. The maximum atomic E-state index is 2.31. The van der Waals surface area contributed by atoms with Crippen molar-refractivity contribution in [1.82, 2.24) is 0 Å². The van der Waals surface area contributed by atoms with Crippen molar-refractivity contribution in [3.05, 3.63) is 36.2 Å². The third kappa shape index (κ3) is 7.26. The Kier molecular flexibility index (Phi) is 8.20. The molecule has 1 aromatic heterocycles. The van der Waals surface area contributed by atoms with Crippen molar-refractivity contribution in [1.29, 1.82) is 0 Å². The molecule has 0 unspecified atom stereocenters. The number of nitrogens with zero attached hydrogens (tertiary/aromatic N) is 1. The smallest absolute Gasteiger partial charge is 0.169 e. The van der Waals surface area contributed by atoms with Gasteiger partial charge >= 0.3 is 0 Å². The number of allylic oxidation sites excluding steroid dienone is 1. The highest BCUT2D eigenvalue weighted by atomic mass is 14.9. The summed E-state index contributed by atoms with van der Waals surface area (Å²) < 4.78 is 2.06. The fourth-order valence-electron chi connectivity index (χ4n) is 2.06. The van der Waals surface area contributed by atoms with Gasteiger partial charge in [-0.05, 0) is 18.4 Å². The Morgan fingerprint density at radius 1 is 0.944 bits per heavy atom. The van der Waals surface area contributed by atoms with Crippen molar-refractivity contribution < 1.29 is 4.57 Å². The van der Waals surface area contributed by atoms with Gasteiger partial charge in [0.1, 0.15) is 7.05 Å². The van der Waals surface area contributed by atoms with Crippen LogP contribution in [0.2, 0.25) is 0 Å². The molecule has 0 bridgehead atoms. The van der Waals surface area contributed by atoms with E-state index in [1.54, 1.807) is 0 Å². The third-order valence-electron chi connectivity index (χ3n) is 3.29. The van der Waals surface area contributed by atoms with Gasteiger partial charge in [0, 0.05) is 12.1 Å². The Morgan fingerprint density at radius 3 is 2.22 bits per heavy atom. The van der Waals surface area contributed by atoms with Crippen molar-refractivity contribution in [2.24, 2.45) is 7.05 Å². The fourth-order valence-corrected chi connectivity index (χ4v) is 2.06. The maximum absolute atomic E-state index is 2.31. The minimum absolute atomic E-state index is 1.22. The zero-order valence-corrected chi connectivity index (χ0v) is 12.1. The van der Waals surface area contributed by atoms with Crippen molar-refractivity contribution in [3.8, 4) is 0 Å². The monoisotopic (exact) mass is 246 g/mol. The van der Waals surface area contributed by atoms with Crippen LogP contribution in [0.4, 0.5) is 0 Å². The van der Waals surface area contributed by atoms with Gasteiger partial charge < -0.3 is 0 Å². The minimum atomic E-state index is 1.22. The first-order valence-corrected chi connectivity index (χ1v) is 7.44. The summed E-state index contributed by atoms with van der Waals surface area (Å²) in [7, 11) is 2.05. The van der Waals surface area contributed by atoms with Gasteiger partial charge in [-0.15, -0.1) is 0 Å². The van der Waals surface area contributed by atoms with Crippen LogP contribution in [0.1, 0.15) is 63.9 Å². The summed E-state index contributed by atoms with van der Waals surface area (Å²) in [6.07, 6.45) is 19.7. The van der Waals surface area contributed by atoms with E-state index in [9.17, 15) is 0 Å². The van der Waals surface area contributed by atoms with Gasteiger partial charge in [0.25, 0.3) is 0 Å². The van der Waals surface area contributed by atoms with Crippen LogP contribution in [0.5, 0.6) is 0 Å². The van der Waals surface area contributed by atoms with E-state index in [4.69, 9.17) is 0 Å². The Hall–Kier alpha value is -1.11. The zero-order chi connectivity index (χ0) is 13.1. The molecular formula is C17H28N+. The van der Waals surface area contributed by atoms with E-state index in [0.717, 1.165) is 0 Å². The average molecular weight is 246 g/mol. The van der Waals surface area contributed by atoms with Crippen molar-refractivity contribution >= 4 is 6.08 Å². The molecule has 0 aliphatic heterocycles. The lowest BCUT2D eigenvalue weighted by Gasteiger charge is -1.98. The van der Waals surface area contributed by atoms with Crippen LogP contribution in [0.15, 0.2) is 30.6 Å². The Balaban J connectivity index is 2.02. The van der Waals surface area contributed by atoms with Crippen molar-refractivity contribution in [3.63, 3.8) is 0 Å². The van der Waals surface area contributed by atoms with E-state index in [0.29, 0.717) is 0 Å². The van der Waals surface area contributed by atoms with Crippen LogP contribution in [0.25, 0.3) is 6.08 Å². The Bertz CT molecular complexity index is 324. The van der Waals surface area contributed by atoms with Gasteiger partial charge in [-0.3, -0.25) is 0 Å². The van der Waals surface area contributed by atoms with Gasteiger partial charge in [-0.2, -0.15) is 0 Å². The lowest BCUT2D eigenvalue weighted by molar-refractivity contribution is -0.671. The predicted molar refractivity (Wildman–Crippen MR) is 79.3 cm³/mol. The Morgan fingerprint density at radius 2 is 1.56 bits per heavy atom. The number of hydrogen-bond acceptors (Lipinski definition) is 0. The number of pyridine rings is 1. The molecule has 1 heterocycles. The number of rotatable bonds is 9. The first-order valence-electron chi connectivity index (χ1n) is 7.44. The molecule has 0 aliphatic rings. The van der Waals surface area contributed by atoms with Gasteiger partial charge in [-0.25, -0.2) is 4.57 Å². The molecule has 1 aromatic rings. The zero-order valence-electron chi connectivity index (χ0n) is 12.1. The molecule has 0 spiro atoms. The molecule has 18 heavy (non-hydrogen) atoms. The summed E-state index contributed by atoms with van der Waals surface area (Å²) in [4.78, 5) is 0. The van der Waals surface area contributed by atoms with Crippen LogP contribution >= 0.6 is 0 Å². The lowest BCUT2D eigenvalue weighted by atomic mass is 10.1. The molecule has 1 nitrogen and oxygen atoms in total. The first kappa shape index (κ1) is 14.9. The summed E-state index contributed by atoms with van der Waals surface area (Å²) in [5.41, 5.74) is 1.30. The molecule has 0 N–H and O–H groups in total. The van der Waals surface area contributed by atoms with E-state index < -0.39 is 0 Å². The lowest BCUT2D eigenvalue weighted by Crippen LogP contribution is -2.25. The summed E-state index contributed by atoms with van der Waals surface area (Å²) in [6, 6.07) is 4.31. The summed E-state index contributed by atoms with van der Waals surface area (Å²) in [5.74, 6) is 0. The molecule has 0 saturated carbocycles. The molecule has 0 saturated heterocycles. The van der Waals surface area contributed by atoms with Crippen molar-refractivity contribution in [2.75, 3.05) is 0 Å². The van der Waals surface area contributed by atoms with E-state index in [1.807, 2.05) is 7.05 Å². The topological polar surface area (TPSA) is 3.88 Å². The number of aryl methyl sites for hydroxylation is 1. The molecular weight excluding hydrogens is 218 g/mol. The maximum Gasteiger partial charge on any atom is 0.169 e. The second-order valence-corrected chi connectivity index (χ2v) is 5.11. The molecule has 0 aromatic carbocycles. The van der Waals surface area contributed by atoms with E-state index in [2.05, 4.69) is 48.2 Å². The van der Waals surface area contributed by atoms with Crippen LogP contribution in [-0.2, 0) is 7.05 Å². The quantitative estimate of drug-likeness (QED) is 0.440. The van der Waals surface area contributed by atoms with Crippen LogP contribution in [-0.4, -0.2) is 0 Å². The fraction of sp³-hybridized carbons (Fsp3) is 0.588. The summed E-state index contributed by atoms with van der Waals surface area (Å²) in [5, 5.41) is 0. The van der Waals surface area contributed by atoms with E-state index in [1.165, 1.54) is 56.9 Å². The second kappa shape index (κ2) is 9.87. The van der Waals surface area contributed by atoms with Crippen molar-refractivity contribution in [2.45, 2.75) is 58.3 Å². The molecule has 0 fully saturated rings. The SMILES string of the molecule is CCCCCCCCC/C=C/c1cc[n+](C)cc1. The molecule has 0 amide bonds. The Labute approximate surface area is 113 Å². The highest BCUT2D eigenvalue weighted by Crippen LogP contribution is 2.09. The second-order valence-electron chi connectivity index (χ2n) is 5.11. The normalized spacial score (nSPS) is 11.2. The number of unbranched alkanes of at least 4 members (excludes halogenated alkanes) is 7. The first-order chi connectivity index (χ1) is 8.83. The summed E-state index contributed by atoms with van der Waals surface area (Å²) >= 11 is 0. The summed E-state index contributed by atoms with van der Waals surface area (Å²) in [6.45, 7) is 2.27. The standard InChI is InChI=1S/C17H28N/c1-3-4-5-6-7-8-9-10-11-12-17-13-15-18(2)16-14-17/h11-16H,3-10H2,1-2H3/q+1/b12-11+. The molecule has 0 radical (unpaired) electrons. The molecule has 0 aliphatic carbocycles. The number of aromatic nitrogens is 1. The molecule has 100 valence electrons. The highest BCUT2D eigenvalue weighted by Gasteiger charge is 1.91. The van der Waals surface area contributed by atoms with Gasteiger partial charge in [0.15, 0.2) is 12.4 Å². The molecule has 0 atom stereocenters. The van der Waals surface area contributed by atoms with Gasteiger partial charge in [0.05, 0.1) is 0 Å². The van der Waals surface area contributed by atoms with E-state index in [-0.39, 0.29) is 0 Å². The van der Waals surface area contributed by atoms with Crippen LogP contribution in [0, 0.1) is 0 Å². The third-order valence-corrected chi connectivity index (χ3v) is 3.29. The largest absolute Gasteiger partial charge is 0.208 e. The van der Waals surface area contributed by atoms with Crippen LogP contribution < -0.4 is 4.57 Å². The average Bonchev–Trinajstić information content (AvgIpc) is 2.39. The molecule has 1 rings (SSSR count). The van der Waals surface area contributed by atoms with E-state index >= 15 is 0 Å². The predicted octanol–water partition coefficient (Wildman–Crippen LogP) is 4.67. The minimum Gasteiger partial charge on any atom is -0.208 e. The highest BCUT2D eigenvalue weighted by molar-refractivity contribution is 5.47. The number of hydrogen-bond donors (Lipinski definition) is 0. The van der Waals surface area contributed by atoms with Crippen LogP contribution in [0.3, 0.4) is 0 Å². The van der Waals surface area contributed by atoms with Gasteiger partial charge in [-0.1, -0.05) is 57.6 Å².